The van der Waals surface area contributed by atoms with Gasteiger partial charge in [0, 0.05) is 11.3 Å². The lowest BCUT2D eigenvalue weighted by Crippen LogP contribution is -2.13. The highest BCUT2D eigenvalue weighted by Crippen LogP contribution is 2.16. The Bertz CT molecular complexity index is 731. The van der Waals surface area contributed by atoms with E-state index in [1.54, 1.807) is 0 Å². The number of carbonyl (C=O) groups excluding carboxylic acids is 1. The van der Waals surface area contributed by atoms with Crippen LogP contribution >= 0.6 is 0 Å². The number of hydrogen-bond acceptors (Lipinski definition) is 2. The molecule has 4 nitrogen and oxygen atoms in total. The van der Waals surface area contributed by atoms with Crippen LogP contribution in [0.4, 0.5) is 18.9 Å². The number of carboxylic acid groups (broad SMARTS) is 1. The number of carbonyl (C=O) groups is 2. The Labute approximate surface area is 116 Å². The molecule has 0 saturated heterocycles. The predicted molar refractivity (Wildman–Crippen MR) is 67.7 cm³/mol. The van der Waals surface area contributed by atoms with Gasteiger partial charge in [0.05, 0.1) is 5.56 Å². The summed E-state index contributed by atoms with van der Waals surface area (Å²) in [6.07, 6.45) is 0. The lowest BCUT2D eigenvalue weighted by Gasteiger charge is -2.07. The molecular weight excluding hydrogens is 287 g/mol. The Hall–Kier alpha value is -2.83. The van der Waals surface area contributed by atoms with Crippen LogP contribution in [-0.4, -0.2) is 17.0 Å². The summed E-state index contributed by atoms with van der Waals surface area (Å²) in [4.78, 5) is 22.6. The van der Waals surface area contributed by atoms with Crippen molar-refractivity contribution in [1.82, 2.24) is 0 Å². The zero-order valence-corrected chi connectivity index (χ0v) is 10.4. The van der Waals surface area contributed by atoms with Gasteiger partial charge in [0.1, 0.15) is 5.82 Å². The first kappa shape index (κ1) is 14.6. The number of rotatable bonds is 3. The van der Waals surface area contributed by atoms with Crippen LogP contribution in [0.3, 0.4) is 0 Å². The van der Waals surface area contributed by atoms with Gasteiger partial charge in [0.25, 0.3) is 5.91 Å². The fourth-order valence-electron chi connectivity index (χ4n) is 1.61. The molecule has 108 valence electrons. The fraction of sp³-hybridized carbons (Fsp3) is 0. The second-order valence-electron chi connectivity index (χ2n) is 4.08. The summed E-state index contributed by atoms with van der Waals surface area (Å²) in [6, 6.07) is 5.51. The molecule has 0 aliphatic carbocycles. The minimum atomic E-state index is -1.49. The summed E-state index contributed by atoms with van der Waals surface area (Å²) < 4.78 is 39.0. The van der Waals surface area contributed by atoms with E-state index >= 15 is 0 Å². The third-order valence-corrected chi connectivity index (χ3v) is 2.64. The number of benzene rings is 2. The number of amides is 1. The van der Waals surface area contributed by atoms with E-state index in [0.717, 1.165) is 30.3 Å². The molecule has 21 heavy (non-hydrogen) atoms. The van der Waals surface area contributed by atoms with Crippen molar-refractivity contribution >= 4 is 17.6 Å². The van der Waals surface area contributed by atoms with Gasteiger partial charge in [-0.1, -0.05) is 0 Å². The number of nitrogens with one attached hydrogen (secondary N) is 1. The van der Waals surface area contributed by atoms with E-state index in [4.69, 9.17) is 5.11 Å². The Kier molecular flexibility index (Phi) is 3.93. The monoisotopic (exact) mass is 295 g/mol. The number of carboxylic acids is 1. The first-order chi connectivity index (χ1) is 9.88. The van der Waals surface area contributed by atoms with Crippen LogP contribution in [0.15, 0.2) is 36.4 Å². The van der Waals surface area contributed by atoms with Crippen molar-refractivity contribution in [3.05, 3.63) is 65.0 Å². The Morgan fingerprint density at radius 3 is 2.19 bits per heavy atom. The van der Waals surface area contributed by atoms with Crippen molar-refractivity contribution in [1.29, 1.82) is 0 Å². The maximum Gasteiger partial charge on any atom is 0.338 e. The molecule has 2 rings (SSSR count). The molecule has 0 aliphatic heterocycles. The largest absolute Gasteiger partial charge is 0.478 e. The van der Waals surface area contributed by atoms with Gasteiger partial charge in [-0.2, -0.15) is 0 Å². The van der Waals surface area contributed by atoms with E-state index in [0.29, 0.717) is 6.07 Å². The second kappa shape index (κ2) is 5.66. The van der Waals surface area contributed by atoms with Gasteiger partial charge in [0.15, 0.2) is 11.6 Å². The van der Waals surface area contributed by atoms with Crippen LogP contribution in [-0.2, 0) is 0 Å². The lowest BCUT2D eigenvalue weighted by molar-refractivity contribution is 0.0691. The molecule has 0 bridgehead atoms. The molecule has 0 unspecified atom stereocenters. The number of halogens is 3. The van der Waals surface area contributed by atoms with Crippen molar-refractivity contribution in [3.8, 4) is 0 Å². The minimum Gasteiger partial charge on any atom is -0.478 e. The summed E-state index contributed by atoms with van der Waals surface area (Å²) in [7, 11) is 0. The topological polar surface area (TPSA) is 66.4 Å². The molecular formula is C14H8F3NO3. The third-order valence-electron chi connectivity index (χ3n) is 2.64. The highest BCUT2D eigenvalue weighted by atomic mass is 19.2. The standard InChI is InChI=1S/C14H8F3NO3/c15-10-4-2-8(6-9(10)14(20)21)18-13(19)7-1-3-11(16)12(17)5-7/h1-6H,(H,18,19)(H,20,21). The maximum atomic E-state index is 13.2. The molecule has 0 saturated carbocycles. The van der Waals surface area contributed by atoms with Crippen molar-refractivity contribution in [2.24, 2.45) is 0 Å². The maximum absolute atomic E-state index is 13.2. The average Bonchev–Trinajstić information content (AvgIpc) is 2.43. The molecule has 0 fully saturated rings. The van der Waals surface area contributed by atoms with Crippen molar-refractivity contribution in [2.45, 2.75) is 0 Å². The first-order valence-corrected chi connectivity index (χ1v) is 5.67. The van der Waals surface area contributed by atoms with Crippen molar-refractivity contribution in [3.63, 3.8) is 0 Å². The molecule has 1 amide bonds. The van der Waals surface area contributed by atoms with Gasteiger partial charge >= 0.3 is 5.97 Å². The molecule has 0 atom stereocenters. The molecule has 2 N–H and O–H groups in total. The van der Waals surface area contributed by atoms with Gasteiger partial charge in [-0.25, -0.2) is 18.0 Å². The van der Waals surface area contributed by atoms with Gasteiger partial charge in [-0.05, 0) is 36.4 Å². The van der Waals surface area contributed by atoms with Gasteiger partial charge in [-0.15, -0.1) is 0 Å². The highest BCUT2D eigenvalue weighted by Gasteiger charge is 2.14. The van der Waals surface area contributed by atoms with Crippen LogP contribution < -0.4 is 5.32 Å². The van der Waals surface area contributed by atoms with Gasteiger partial charge in [-0.3, -0.25) is 4.79 Å². The molecule has 0 spiro atoms. The van der Waals surface area contributed by atoms with E-state index < -0.39 is 34.9 Å². The number of anilines is 1. The molecule has 0 aromatic heterocycles. The smallest absolute Gasteiger partial charge is 0.338 e. The summed E-state index contributed by atoms with van der Waals surface area (Å²) in [6.45, 7) is 0. The van der Waals surface area contributed by atoms with Crippen molar-refractivity contribution < 1.29 is 27.9 Å². The SMILES string of the molecule is O=C(Nc1ccc(F)c(C(=O)O)c1)c1ccc(F)c(F)c1. The summed E-state index contributed by atoms with van der Waals surface area (Å²) >= 11 is 0. The van der Waals surface area contributed by atoms with Crippen LogP contribution in [0.25, 0.3) is 0 Å². The van der Waals surface area contributed by atoms with E-state index in [2.05, 4.69) is 5.32 Å². The van der Waals surface area contributed by atoms with E-state index in [-0.39, 0.29) is 11.3 Å². The molecule has 7 heteroatoms. The summed E-state index contributed by atoms with van der Waals surface area (Å²) in [5.74, 6) is -5.50. The zero-order valence-electron chi connectivity index (χ0n) is 10.4. The second-order valence-corrected chi connectivity index (χ2v) is 4.08. The molecule has 2 aromatic carbocycles. The minimum absolute atomic E-state index is 0.0172. The van der Waals surface area contributed by atoms with E-state index in [9.17, 15) is 22.8 Å². The third kappa shape index (κ3) is 3.19. The fourth-order valence-corrected chi connectivity index (χ4v) is 1.61. The summed E-state index contributed by atoms with van der Waals surface area (Å²) in [5.41, 5.74) is -0.753. The highest BCUT2D eigenvalue weighted by molar-refractivity contribution is 6.04. The molecule has 0 aliphatic rings. The molecule has 0 radical (unpaired) electrons. The van der Waals surface area contributed by atoms with Crippen LogP contribution in [0.2, 0.25) is 0 Å². The van der Waals surface area contributed by atoms with Crippen molar-refractivity contribution in [2.75, 3.05) is 5.32 Å². The van der Waals surface area contributed by atoms with Gasteiger partial charge < -0.3 is 10.4 Å². The Balaban J connectivity index is 2.25. The van der Waals surface area contributed by atoms with E-state index in [1.807, 2.05) is 0 Å². The Morgan fingerprint density at radius 2 is 1.57 bits per heavy atom. The predicted octanol–water partition coefficient (Wildman–Crippen LogP) is 3.05. The van der Waals surface area contributed by atoms with Crippen LogP contribution in [0.1, 0.15) is 20.7 Å². The molecule has 2 aromatic rings. The first-order valence-electron chi connectivity index (χ1n) is 5.67. The Morgan fingerprint density at radius 1 is 0.905 bits per heavy atom. The number of aromatic carboxylic acids is 1. The van der Waals surface area contributed by atoms with Crippen LogP contribution in [0.5, 0.6) is 0 Å². The quantitative estimate of drug-likeness (QED) is 0.914. The summed E-state index contributed by atoms with van der Waals surface area (Å²) in [5, 5.41) is 11.0. The normalized spacial score (nSPS) is 10.2. The molecule has 0 heterocycles. The van der Waals surface area contributed by atoms with Crippen LogP contribution in [0, 0.1) is 17.5 Å². The zero-order chi connectivity index (χ0) is 15.6. The lowest BCUT2D eigenvalue weighted by atomic mass is 10.1. The van der Waals surface area contributed by atoms with E-state index in [1.165, 1.54) is 0 Å². The average molecular weight is 295 g/mol. The van der Waals surface area contributed by atoms with Gasteiger partial charge in [0.2, 0.25) is 0 Å². The number of hydrogen-bond donors (Lipinski definition) is 2.